The molecule has 0 aliphatic carbocycles. The van der Waals surface area contributed by atoms with Gasteiger partial charge in [0.15, 0.2) is 0 Å². The van der Waals surface area contributed by atoms with Gasteiger partial charge in [0.05, 0.1) is 21.9 Å². The van der Waals surface area contributed by atoms with Crippen molar-refractivity contribution in [3.05, 3.63) is 52.4 Å². The first kappa shape index (κ1) is 14.5. The third-order valence-electron chi connectivity index (χ3n) is 2.66. The first-order valence-corrected chi connectivity index (χ1v) is 6.67. The highest BCUT2D eigenvalue weighted by molar-refractivity contribution is 9.10. The molecule has 2 rings (SSSR count). The number of nitrogens with zero attached hydrogens (tertiary/aromatic N) is 2. The number of anilines is 2. The second-order valence-electron chi connectivity index (χ2n) is 4.36. The van der Waals surface area contributed by atoms with Gasteiger partial charge in [-0.1, -0.05) is 6.07 Å². The predicted molar refractivity (Wildman–Crippen MR) is 80.6 cm³/mol. The topological polar surface area (TPSA) is 45.2 Å². The Morgan fingerprint density at radius 1 is 1.30 bits per heavy atom. The Balaban J connectivity index is 2.17. The van der Waals surface area contributed by atoms with Crippen LogP contribution in [0.15, 0.2) is 41.0 Å². The molecule has 0 aliphatic rings. The fourth-order valence-corrected chi connectivity index (χ4v) is 2.05. The van der Waals surface area contributed by atoms with Gasteiger partial charge >= 0.3 is 0 Å². The smallest absolute Gasteiger partial charge is 0.256 e. The monoisotopic (exact) mass is 337 g/mol. The normalized spacial score (nSPS) is 10.2. The van der Waals surface area contributed by atoms with Gasteiger partial charge in [-0.2, -0.15) is 0 Å². The summed E-state index contributed by atoms with van der Waals surface area (Å²) < 4.78 is 13.5. The van der Waals surface area contributed by atoms with Crippen molar-refractivity contribution in [3.8, 4) is 0 Å². The van der Waals surface area contributed by atoms with Crippen LogP contribution in [0, 0.1) is 5.82 Å². The van der Waals surface area contributed by atoms with E-state index in [2.05, 4.69) is 26.2 Å². The minimum Gasteiger partial charge on any atom is -0.363 e. The van der Waals surface area contributed by atoms with Gasteiger partial charge in [0.2, 0.25) is 0 Å². The van der Waals surface area contributed by atoms with Crippen LogP contribution in [-0.4, -0.2) is 25.0 Å². The van der Waals surface area contributed by atoms with Crippen LogP contribution in [0.25, 0.3) is 0 Å². The molecule has 104 valence electrons. The summed E-state index contributed by atoms with van der Waals surface area (Å²) in [4.78, 5) is 18.1. The van der Waals surface area contributed by atoms with Gasteiger partial charge in [-0.15, -0.1) is 0 Å². The molecule has 2 aromatic rings. The Labute approximate surface area is 124 Å². The molecule has 0 aliphatic heterocycles. The van der Waals surface area contributed by atoms with Gasteiger partial charge in [-0.3, -0.25) is 4.79 Å². The van der Waals surface area contributed by atoms with Crippen molar-refractivity contribution in [2.24, 2.45) is 0 Å². The summed E-state index contributed by atoms with van der Waals surface area (Å²) >= 11 is 3.07. The number of nitrogens with one attached hydrogen (secondary N) is 1. The van der Waals surface area contributed by atoms with E-state index in [1.54, 1.807) is 24.4 Å². The molecule has 0 spiro atoms. The van der Waals surface area contributed by atoms with E-state index in [0.717, 1.165) is 5.82 Å². The molecule has 20 heavy (non-hydrogen) atoms. The number of hydrogen-bond acceptors (Lipinski definition) is 3. The Morgan fingerprint density at radius 2 is 2.05 bits per heavy atom. The molecule has 0 unspecified atom stereocenters. The van der Waals surface area contributed by atoms with Crippen molar-refractivity contribution >= 4 is 33.3 Å². The van der Waals surface area contributed by atoms with Crippen LogP contribution in [0.3, 0.4) is 0 Å². The third kappa shape index (κ3) is 3.14. The molecule has 4 nitrogen and oxygen atoms in total. The molecule has 6 heteroatoms. The lowest BCUT2D eigenvalue weighted by Crippen LogP contribution is -2.14. The molecule has 0 atom stereocenters. The zero-order chi connectivity index (χ0) is 14.7. The van der Waals surface area contributed by atoms with Crippen LogP contribution in [0.4, 0.5) is 15.9 Å². The summed E-state index contributed by atoms with van der Waals surface area (Å²) in [6.07, 6.45) is 1.56. The molecule has 0 fully saturated rings. The van der Waals surface area contributed by atoms with Gasteiger partial charge in [-0.05, 0) is 40.2 Å². The zero-order valence-electron chi connectivity index (χ0n) is 11.0. The Hall–Kier alpha value is -1.95. The zero-order valence-corrected chi connectivity index (χ0v) is 12.6. The first-order chi connectivity index (χ1) is 9.49. The number of pyridine rings is 1. The summed E-state index contributed by atoms with van der Waals surface area (Å²) in [6.45, 7) is 0. The molecule has 0 radical (unpaired) electrons. The van der Waals surface area contributed by atoms with Crippen molar-refractivity contribution in [1.29, 1.82) is 0 Å². The van der Waals surface area contributed by atoms with E-state index in [0.29, 0.717) is 5.69 Å². The number of aromatic nitrogens is 1. The maximum absolute atomic E-state index is 13.4. The van der Waals surface area contributed by atoms with Crippen LogP contribution in [0.2, 0.25) is 0 Å². The van der Waals surface area contributed by atoms with E-state index in [4.69, 9.17) is 0 Å². The molecular formula is C14H13BrFN3O. The molecule has 1 heterocycles. The first-order valence-electron chi connectivity index (χ1n) is 5.88. The van der Waals surface area contributed by atoms with Crippen molar-refractivity contribution in [2.45, 2.75) is 0 Å². The van der Waals surface area contributed by atoms with Gasteiger partial charge in [0.1, 0.15) is 11.6 Å². The average molecular weight is 338 g/mol. The Kier molecular flexibility index (Phi) is 4.34. The van der Waals surface area contributed by atoms with Crippen LogP contribution in [0.5, 0.6) is 0 Å². The lowest BCUT2D eigenvalue weighted by Gasteiger charge is -2.12. The van der Waals surface area contributed by atoms with Gasteiger partial charge in [0, 0.05) is 14.1 Å². The summed E-state index contributed by atoms with van der Waals surface area (Å²) in [5, 5.41) is 2.68. The standard InChI is InChI=1S/C14H13BrFN3O/c1-19(2)12-7-6-9(8-17-12)18-14(20)10-4-3-5-11(16)13(10)15/h3-8H,1-2H3,(H,18,20). The largest absolute Gasteiger partial charge is 0.363 e. The van der Waals surface area contributed by atoms with Gasteiger partial charge < -0.3 is 10.2 Å². The lowest BCUT2D eigenvalue weighted by molar-refractivity contribution is 0.102. The van der Waals surface area contributed by atoms with E-state index in [1.807, 2.05) is 19.0 Å². The number of halogens is 2. The summed E-state index contributed by atoms with van der Waals surface area (Å²) in [5.74, 6) is -0.0792. The van der Waals surface area contributed by atoms with Gasteiger partial charge in [-0.25, -0.2) is 9.37 Å². The fourth-order valence-electron chi connectivity index (χ4n) is 1.60. The number of rotatable bonds is 3. The molecule has 1 aromatic carbocycles. The highest BCUT2D eigenvalue weighted by atomic mass is 79.9. The van der Waals surface area contributed by atoms with Crippen molar-refractivity contribution < 1.29 is 9.18 Å². The van der Waals surface area contributed by atoms with Gasteiger partial charge in [0.25, 0.3) is 5.91 Å². The Morgan fingerprint density at radius 3 is 2.65 bits per heavy atom. The van der Waals surface area contributed by atoms with Crippen molar-refractivity contribution in [2.75, 3.05) is 24.3 Å². The summed E-state index contributed by atoms with van der Waals surface area (Å²) in [6, 6.07) is 7.85. The Bertz CT molecular complexity index is 629. The van der Waals surface area contributed by atoms with Crippen molar-refractivity contribution in [1.82, 2.24) is 4.98 Å². The highest BCUT2D eigenvalue weighted by Gasteiger charge is 2.13. The molecular weight excluding hydrogens is 325 g/mol. The third-order valence-corrected chi connectivity index (χ3v) is 3.47. The number of carbonyl (C=O) groups excluding carboxylic acids is 1. The van der Waals surface area contributed by atoms with Crippen molar-refractivity contribution in [3.63, 3.8) is 0 Å². The molecule has 0 bridgehead atoms. The molecule has 1 N–H and O–H groups in total. The van der Waals surface area contributed by atoms with E-state index < -0.39 is 11.7 Å². The maximum atomic E-state index is 13.4. The SMILES string of the molecule is CN(C)c1ccc(NC(=O)c2cccc(F)c2Br)cn1. The molecule has 1 aromatic heterocycles. The number of hydrogen-bond donors (Lipinski definition) is 1. The fraction of sp³-hybridized carbons (Fsp3) is 0.143. The van der Waals surface area contributed by atoms with Crippen LogP contribution in [-0.2, 0) is 0 Å². The van der Waals surface area contributed by atoms with Crippen LogP contribution in [0.1, 0.15) is 10.4 Å². The summed E-state index contributed by atoms with van der Waals surface area (Å²) in [5.41, 5.74) is 0.790. The summed E-state index contributed by atoms with van der Waals surface area (Å²) in [7, 11) is 3.76. The second kappa shape index (κ2) is 6.00. The van der Waals surface area contributed by atoms with E-state index in [1.165, 1.54) is 12.1 Å². The quantitative estimate of drug-likeness (QED) is 0.934. The minimum absolute atomic E-state index is 0.148. The predicted octanol–water partition coefficient (Wildman–Crippen LogP) is 3.30. The number of amides is 1. The minimum atomic E-state index is -0.473. The molecule has 1 amide bonds. The number of carbonyl (C=O) groups is 1. The highest BCUT2D eigenvalue weighted by Crippen LogP contribution is 2.21. The second-order valence-corrected chi connectivity index (χ2v) is 5.15. The maximum Gasteiger partial charge on any atom is 0.256 e. The molecule has 0 saturated carbocycles. The molecule has 0 saturated heterocycles. The van der Waals surface area contributed by atoms with E-state index in [9.17, 15) is 9.18 Å². The van der Waals surface area contributed by atoms with E-state index in [-0.39, 0.29) is 10.0 Å². The van der Waals surface area contributed by atoms with Crippen LogP contribution < -0.4 is 10.2 Å². The van der Waals surface area contributed by atoms with Crippen LogP contribution >= 0.6 is 15.9 Å². The average Bonchev–Trinajstić information content (AvgIpc) is 2.42. The van der Waals surface area contributed by atoms with E-state index >= 15 is 0 Å². The number of benzene rings is 1. The lowest BCUT2D eigenvalue weighted by atomic mass is 10.2.